The van der Waals surface area contributed by atoms with E-state index in [9.17, 15) is 9.59 Å². The molecule has 0 saturated carbocycles. The second-order valence-electron chi connectivity index (χ2n) is 6.16. The highest BCUT2D eigenvalue weighted by Gasteiger charge is 2.19. The molecule has 1 aromatic heterocycles. The average Bonchev–Trinajstić information content (AvgIpc) is 2.56. The molecular weight excluding hydrogens is 358 g/mol. The Morgan fingerprint density at radius 3 is 2.80 bits per heavy atom. The molecule has 1 aromatic carbocycles. The van der Waals surface area contributed by atoms with Crippen LogP contribution in [-0.2, 0) is 11.3 Å². The lowest BCUT2D eigenvalue weighted by Gasteiger charge is -2.16. The Morgan fingerprint density at radius 1 is 1.44 bits per heavy atom. The first kappa shape index (κ1) is 19.5. The van der Waals surface area contributed by atoms with E-state index in [1.807, 2.05) is 13.8 Å². The number of nitrogens with one attached hydrogen (secondary N) is 1. The maximum atomic E-state index is 12.8. The number of allylic oxidation sites excluding steroid dienone is 1. The number of hydrogen-bond acceptors (Lipinski definition) is 4. The highest BCUT2D eigenvalue weighted by atomic mass is 35.5. The van der Waals surface area contributed by atoms with Gasteiger partial charge in [0.2, 0.25) is 5.91 Å². The number of nitrogens with zero attached hydrogens (tertiary/aromatic N) is 2. The van der Waals surface area contributed by atoms with Crippen LogP contribution in [0.2, 0.25) is 5.02 Å². The molecule has 0 radical (unpaired) electrons. The number of hydrogen-bond donors (Lipinski definition) is 1. The van der Waals surface area contributed by atoms with Crippen LogP contribution < -0.4 is 10.9 Å². The molecular formula is C18H22ClN3O2S. The van der Waals surface area contributed by atoms with Crippen LogP contribution in [0, 0.1) is 5.92 Å². The van der Waals surface area contributed by atoms with Crippen molar-refractivity contribution >= 4 is 40.2 Å². The van der Waals surface area contributed by atoms with Crippen molar-refractivity contribution in [1.29, 1.82) is 0 Å². The summed E-state index contributed by atoms with van der Waals surface area (Å²) in [5, 5.41) is 3.96. The average molecular weight is 380 g/mol. The number of thioether (sulfide) groups is 1. The molecule has 7 heteroatoms. The topological polar surface area (TPSA) is 64.0 Å². The van der Waals surface area contributed by atoms with E-state index in [1.165, 1.54) is 16.3 Å². The minimum atomic E-state index is -0.369. The lowest BCUT2D eigenvalue weighted by Crippen LogP contribution is -2.34. The SMILES string of the molecule is C=CCn1c(S[C@@H](C)C(=O)NCC(C)C)nc2ccc(Cl)cc2c1=O. The summed E-state index contributed by atoms with van der Waals surface area (Å²) < 4.78 is 1.52. The van der Waals surface area contributed by atoms with Crippen molar-refractivity contribution in [3.8, 4) is 0 Å². The summed E-state index contributed by atoms with van der Waals surface area (Å²) >= 11 is 7.25. The molecule has 1 heterocycles. The van der Waals surface area contributed by atoms with Gasteiger partial charge in [0.05, 0.1) is 16.2 Å². The van der Waals surface area contributed by atoms with Gasteiger partial charge in [-0.2, -0.15) is 0 Å². The molecule has 2 aromatic rings. The molecule has 0 aliphatic heterocycles. The molecule has 0 unspecified atom stereocenters. The van der Waals surface area contributed by atoms with Gasteiger partial charge in [-0.3, -0.25) is 14.2 Å². The number of carbonyl (C=O) groups is 1. The van der Waals surface area contributed by atoms with Gasteiger partial charge >= 0.3 is 0 Å². The predicted octanol–water partition coefficient (Wildman–Crippen LogP) is 3.49. The Balaban J connectivity index is 2.37. The molecule has 0 bridgehead atoms. The molecule has 0 aliphatic carbocycles. The minimum Gasteiger partial charge on any atom is -0.355 e. The van der Waals surface area contributed by atoms with E-state index in [1.54, 1.807) is 31.2 Å². The Kier molecular flexibility index (Phi) is 6.67. The minimum absolute atomic E-state index is 0.0747. The summed E-state index contributed by atoms with van der Waals surface area (Å²) in [6.45, 7) is 10.5. The second kappa shape index (κ2) is 8.54. The van der Waals surface area contributed by atoms with E-state index in [0.717, 1.165) is 0 Å². The highest BCUT2D eigenvalue weighted by molar-refractivity contribution is 8.00. The first-order valence-corrected chi connectivity index (χ1v) is 9.34. The van der Waals surface area contributed by atoms with Crippen LogP contribution in [0.4, 0.5) is 0 Å². The zero-order valence-electron chi connectivity index (χ0n) is 14.6. The standard InChI is InChI=1S/C18H22ClN3O2S/c1-5-8-22-17(24)14-9-13(19)6-7-15(14)21-18(22)25-12(4)16(23)20-10-11(2)3/h5-7,9,11-12H,1,8,10H2,2-4H3,(H,20,23)/t12-/m0/s1. The van der Waals surface area contributed by atoms with Crippen molar-refractivity contribution < 1.29 is 4.79 Å². The van der Waals surface area contributed by atoms with Crippen LogP contribution in [0.3, 0.4) is 0 Å². The molecule has 0 saturated heterocycles. The fourth-order valence-electron chi connectivity index (χ4n) is 2.21. The maximum Gasteiger partial charge on any atom is 0.262 e. The van der Waals surface area contributed by atoms with E-state index in [0.29, 0.717) is 40.1 Å². The monoisotopic (exact) mass is 379 g/mol. The number of rotatable bonds is 7. The third-order valence-electron chi connectivity index (χ3n) is 3.53. The second-order valence-corrected chi connectivity index (χ2v) is 7.90. The molecule has 2 rings (SSSR count). The third-order valence-corrected chi connectivity index (χ3v) is 4.85. The first-order valence-electron chi connectivity index (χ1n) is 8.08. The molecule has 0 aliphatic rings. The summed E-state index contributed by atoms with van der Waals surface area (Å²) in [5.41, 5.74) is 0.372. The van der Waals surface area contributed by atoms with Crippen molar-refractivity contribution in [1.82, 2.24) is 14.9 Å². The van der Waals surface area contributed by atoms with Gasteiger partial charge < -0.3 is 5.32 Å². The molecule has 0 spiro atoms. The number of fused-ring (bicyclic) bond motifs is 1. The van der Waals surface area contributed by atoms with Crippen molar-refractivity contribution in [2.75, 3.05) is 6.54 Å². The van der Waals surface area contributed by atoms with Gasteiger partial charge in [-0.1, -0.05) is 43.3 Å². The summed E-state index contributed by atoms with van der Waals surface area (Å²) in [7, 11) is 0. The van der Waals surface area contributed by atoms with Gasteiger partial charge in [-0.25, -0.2) is 4.98 Å². The van der Waals surface area contributed by atoms with Gasteiger partial charge in [-0.05, 0) is 31.0 Å². The number of amides is 1. The molecule has 1 N–H and O–H groups in total. The Labute approximate surface area is 156 Å². The molecule has 25 heavy (non-hydrogen) atoms. The fourth-order valence-corrected chi connectivity index (χ4v) is 3.33. The largest absolute Gasteiger partial charge is 0.355 e. The van der Waals surface area contributed by atoms with Crippen LogP contribution in [0.25, 0.3) is 10.9 Å². The van der Waals surface area contributed by atoms with Crippen LogP contribution in [0.1, 0.15) is 20.8 Å². The van der Waals surface area contributed by atoms with Crippen molar-refractivity contribution in [2.24, 2.45) is 5.92 Å². The summed E-state index contributed by atoms with van der Waals surface area (Å²) in [6.07, 6.45) is 1.63. The molecule has 1 amide bonds. The van der Waals surface area contributed by atoms with Crippen LogP contribution in [0.15, 0.2) is 40.8 Å². The van der Waals surface area contributed by atoms with Crippen LogP contribution in [0.5, 0.6) is 0 Å². The lowest BCUT2D eigenvalue weighted by atomic mass is 10.2. The van der Waals surface area contributed by atoms with Crippen LogP contribution in [-0.4, -0.2) is 27.3 Å². The van der Waals surface area contributed by atoms with E-state index in [-0.39, 0.29) is 16.7 Å². The van der Waals surface area contributed by atoms with Gasteiger partial charge in [-0.15, -0.1) is 6.58 Å². The number of carbonyl (C=O) groups excluding carboxylic acids is 1. The highest BCUT2D eigenvalue weighted by Crippen LogP contribution is 2.24. The summed E-state index contributed by atoms with van der Waals surface area (Å²) in [4.78, 5) is 29.5. The van der Waals surface area contributed by atoms with Gasteiger partial charge in [0.25, 0.3) is 5.56 Å². The summed E-state index contributed by atoms with van der Waals surface area (Å²) in [5.74, 6) is 0.304. The molecule has 0 fully saturated rings. The normalized spacial score (nSPS) is 12.4. The Bertz CT molecular complexity index is 848. The van der Waals surface area contributed by atoms with Gasteiger partial charge in [0.15, 0.2) is 5.16 Å². The number of benzene rings is 1. The fraction of sp³-hybridized carbons (Fsp3) is 0.389. The van der Waals surface area contributed by atoms with Crippen LogP contribution >= 0.6 is 23.4 Å². The maximum absolute atomic E-state index is 12.8. The zero-order valence-corrected chi connectivity index (χ0v) is 16.2. The predicted molar refractivity (Wildman–Crippen MR) is 104 cm³/mol. The third kappa shape index (κ3) is 4.86. The molecule has 5 nitrogen and oxygen atoms in total. The molecule has 134 valence electrons. The van der Waals surface area contributed by atoms with Gasteiger partial charge in [0, 0.05) is 18.1 Å². The van der Waals surface area contributed by atoms with Crippen molar-refractivity contribution in [2.45, 2.75) is 37.7 Å². The lowest BCUT2D eigenvalue weighted by molar-refractivity contribution is -0.120. The van der Waals surface area contributed by atoms with E-state index in [4.69, 9.17) is 11.6 Å². The zero-order chi connectivity index (χ0) is 18.6. The van der Waals surface area contributed by atoms with E-state index < -0.39 is 0 Å². The van der Waals surface area contributed by atoms with E-state index >= 15 is 0 Å². The van der Waals surface area contributed by atoms with Gasteiger partial charge in [0.1, 0.15) is 0 Å². The Morgan fingerprint density at radius 2 is 2.16 bits per heavy atom. The Hall–Kier alpha value is -1.79. The molecule has 1 atom stereocenters. The van der Waals surface area contributed by atoms with Crippen molar-refractivity contribution in [3.05, 3.63) is 46.2 Å². The van der Waals surface area contributed by atoms with E-state index in [2.05, 4.69) is 16.9 Å². The number of aromatic nitrogens is 2. The quantitative estimate of drug-likeness (QED) is 0.454. The smallest absolute Gasteiger partial charge is 0.262 e. The summed E-state index contributed by atoms with van der Waals surface area (Å²) in [6, 6.07) is 5.02. The first-order chi connectivity index (χ1) is 11.8. The number of halogens is 1. The van der Waals surface area contributed by atoms with Crippen molar-refractivity contribution in [3.63, 3.8) is 0 Å².